The maximum Gasteiger partial charge on any atom is 0.315 e. The zero-order chi connectivity index (χ0) is 16.1. The van der Waals surface area contributed by atoms with Gasteiger partial charge in [0.2, 0.25) is 0 Å². The van der Waals surface area contributed by atoms with Crippen LogP contribution in [0.5, 0.6) is 5.75 Å². The van der Waals surface area contributed by atoms with Crippen molar-refractivity contribution in [1.82, 2.24) is 15.6 Å². The second-order valence-electron chi connectivity index (χ2n) is 5.74. The number of aromatic nitrogens is 1. The molecule has 1 unspecified atom stereocenters. The molecule has 2 N–H and O–H groups in total. The van der Waals surface area contributed by atoms with Crippen LogP contribution in [-0.2, 0) is 6.54 Å². The number of carbonyl (C=O) groups is 1. The molecule has 1 aromatic carbocycles. The zero-order valence-corrected chi connectivity index (χ0v) is 13.2. The van der Waals surface area contributed by atoms with Gasteiger partial charge in [-0.2, -0.15) is 0 Å². The van der Waals surface area contributed by atoms with Gasteiger partial charge >= 0.3 is 6.03 Å². The lowest BCUT2D eigenvalue weighted by Gasteiger charge is -2.19. The molecule has 1 atom stereocenters. The predicted molar refractivity (Wildman–Crippen MR) is 88.1 cm³/mol. The van der Waals surface area contributed by atoms with E-state index in [1.165, 1.54) is 0 Å². The molecule has 23 heavy (non-hydrogen) atoms. The summed E-state index contributed by atoms with van der Waals surface area (Å²) in [6, 6.07) is 13.4. The summed E-state index contributed by atoms with van der Waals surface area (Å²) >= 11 is 0. The fourth-order valence-corrected chi connectivity index (χ4v) is 2.58. The van der Waals surface area contributed by atoms with Crippen molar-refractivity contribution in [1.29, 1.82) is 0 Å². The monoisotopic (exact) mass is 311 g/mol. The van der Waals surface area contributed by atoms with Crippen molar-refractivity contribution in [3.63, 3.8) is 0 Å². The first-order valence-electron chi connectivity index (χ1n) is 7.84. The summed E-state index contributed by atoms with van der Waals surface area (Å²) in [5.74, 6) is 1.34. The van der Waals surface area contributed by atoms with E-state index in [9.17, 15) is 4.79 Å². The molecule has 0 radical (unpaired) electrons. The van der Waals surface area contributed by atoms with E-state index < -0.39 is 0 Å². The largest absolute Gasteiger partial charge is 0.497 e. The Hall–Kier alpha value is -2.56. The minimum Gasteiger partial charge on any atom is -0.497 e. The van der Waals surface area contributed by atoms with Crippen LogP contribution in [0, 0.1) is 5.92 Å². The first-order chi connectivity index (χ1) is 11.3. The molecule has 1 aromatic heterocycles. The number of nitrogens with zero attached hydrogens (tertiary/aromatic N) is 1. The molecule has 5 heteroatoms. The van der Waals surface area contributed by atoms with Gasteiger partial charge in [-0.3, -0.25) is 4.98 Å². The van der Waals surface area contributed by atoms with Crippen LogP contribution in [0.2, 0.25) is 0 Å². The van der Waals surface area contributed by atoms with Crippen LogP contribution in [0.1, 0.15) is 30.1 Å². The first-order valence-corrected chi connectivity index (χ1v) is 7.84. The minimum atomic E-state index is -0.164. The molecule has 2 amide bonds. The number of urea groups is 1. The summed E-state index contributed by atoms with van der Waals surface area (Å²) in [6.45, 7) is 0.423. The Bertz CT molecular complexity index is 639. The minimum absolute atomic E-state index is 0.0460. The number of hydrogen-bond donors (Lipinski definition) is 2. The fraction of sp³-hybridized carbons (Fsp3) is 0.333. The Morgan fingerprint density at radius 1 is 1.26 bits per heavy atom. The summed E-state index contributed by atoms with van der Waals surface area (Å²) < 4.78 is 5.19. The molecule has 1 fully saturated rings. The number of carbonyl (C=O) groups excluding carboxylic acids is 1. The molecular weight excluding hydrogens is 290 g/mol. The number of hydrogen-bond acceptors (Lipinski definition) is 3. The second-order valence-corrected chi connectivity index (χ2v) is 5.74. The van der Waals surface area contributed by atoms with Crippen molar-refractivity contribution in [2.24, 2.45) is 5.92 Å². The number of pyridine rings is 1. The zero-order valence-electron chi connectivity index (χ0n) is 13.2. The highest BCUT2D eigenvalue weighted by Crippen LogP contribution is 2.41. The van der Waals surface area contributed by atoms with E-state index in [-0.39, 0.29) is 12.1 Å². The van der Waals surface area contributed by atoms with Gasteiger partial charge in [0.05, 0.1) is 25.4 Å². The van der Waals surface area contributed by atoms with Crippen molar-refractivity contribution in [3.8, 4) is 5.75 Å². The number of rotatable bonds is 6. The van der Waals surface area contributed by atoms with E-state index in [4.69, 9.17) is 4.74 Å². The Balaban J connectivity index is 1.59. The summed E-state index contributed by atoms with van der Waals surface area (Å²) in [4.78, 5) is 16.4. The lowest BCUT2D eigenvalue weighted by atomic mass is 10.0. The number of methoxy groups -OCH3 is 1. The van der Waals surface area contributed by atoms with Crippen molar-refractivity contribution in [2.75, 3.05) is 7.11 Å². The van der Waals surface area contributed by atoms with Crippen molar-refractivity contribution >= 4 is 6.03 Å². The smallest absolute Gasteiger partial charge is 0.315 e. The van der Waals surface area contributed by atoms with Crippen LogP contribution in [0.15, 0.2) is 48.7 Å². The Labute approximate surface area is 136 Å². The van der Waals surface area contributed by atoms with Crippen LogP contribution in [0.4, 0.5) is 4.79 Å². The maximum atomic E-state index is 12.2. The highest BCUT2D eigenvalue weighted by atomic mass is 16.5. The van der Waals surface area contributed by atoms with Gasteiger partial charge in [-0.25, -0.2) is 4.79 Å². The van der Waals surface area contributed by atoms with Gasteiger partial charge in [0.1, 0.15) is 5.75 Å². The number of nitrogens with one attached hydrogen (secondary N) is 2. The lowest BCUT2D eigenvalue weighted by Crippen LogP contribution is -2.38. The molecule has 1 aliphatic rings. The second kappa shape index (κ2) is 7.13. The van der Waals surface area contributed by atoms with E-state index in [0.717, 1.165) is 29.8 Å². The number of amides is 2. The van der Waals surface area contributed by atoms with E-state index in [0.29, 0.717) is 12.5 Å². The summed E-state index contributed by atoms with van der Waals surface area (Å²) in [5, 5.41) is 5.95. The van der Waals surface area contributed by atoms with Crippen molar-refractivity contribution in [3.05, 3.63) is 59.9 Å². The van der Waals surface area contributed by atoms with E-state index in [1.54, 1.807) is 13.3 Å². The third kappa shape index (κ3) is 4.22. The van der Waals surface area contributed by atoms with Gasteiger partial charge in [-0.1, -0.05) is 18.2 Å². The molecule has 0 saturated heterocycles. The van der Waals surface area contributed by atoms with Crippen molar-refractivity contribution < 1.29 is 9.53 Å². The van der Waals surface area contributed by atoms with Gasteiger partial charge in [0.15, 0.2) is 0 Å². The Morgan fingerprint density at radius 3 is 2.65 bits per heavy atom. The van der Waals surface area contributed by atoms with Crippen LogP contribution >= 0.6 is 0 Å². The van der Waals surface area contributed by atoms with Crippen LogP contribution in [0.3, 0.4) is 0 Å². The SMILES string of the molecule is COc1ccc(C(NC(=O)NCc2ccccn2)C2CC2)cc1. The molecule has 1 saturated carbocycles. The summed E-state index contributed by atoms with van der Waals surface area (Å²) in [6.07, 6.45) is 4.02. The van der Waals surface area contributed by atoms with E-state index >= 15 is 0 Å². The molecule has 120 valence electrons. The molecule has 0 spiro atoms. The predicted octanol–water partition coefficient (Wildman–Crippen LogP) is 3.04. The third-order valence-electron chi connectivity index (χ3n) is 4.01. The van der Waals surface area contributed by atoms with Gasteiger partial charge < -0.3 is 15.4 Å². The van der Waals surface area contributed by atoms with Gasteiger partial charge in [-0.05, 0) is 48.6 Å². The third-order valence-corrected chi connectivity index (χ3v) is 4.01. The van der Waals surface area contributed by atoms with Gasteiger partial charge in [0.25, 0.3) is 0 Å². The Kier molecular flexibility index (Phi) is 4.76. The average Bonchev–Trinajstić information content (AvgIpc) is 3.44. The highest BCUT2D eigenvalue weighted by Gasteiger charge is 2.33. The molecule has 5 nitrogen and oxygen atoms in total. The van der Waals surface area contributed by atoms with Crippen LogP contribution in [0.25, 0.3) is 0 Å². The number of benzene rings is 1. The molecule has 2 aromatic rings. The van der Waals surface area contributed by atoms with E-state index in [2.05, 4.69) is 15.6 Å². The topological polar surface area (TPSA) is 63.2 Å². The lowest BCUT2D eigenvalue weighted by molar-refractivity contribution is 0.235. The molecule has 0 bridgehead atoms. The maximum absolute atomic E-state index is 12.2. The average molecular weight is 311 g/mol. The highest BCUT2D eigenvalue weighted by molar-refractivity contribution is 5.74. The van der Waals surface area contributed by atoms with Crippen LogP contribution in [-0.4, -0.2) is 18.1 Å². The summed E-state index contributed by atoms with van der Waals surface area (Å²) in [5.41, 5.74) is 1.95. The first kappa shape index (κ1) is 15.3. The summed E-state index contributed by atoms with van der Waals surface area (Å²) in [7, 11) is 1.65. The van der Waals surface area contributed by atoms with Gasteiger partial charge in [-0.15, -0.1) is 0 Å². The van der Waals surface area contributed by atoms with Crippen molar-refractivity contribution in [2.45, 2.75) is 25.4 Å². The molecule has 1 heterocycles. The van der Waals surface area contributed by atoms with Gasteiger partial charge in [0, 0.05) is 6.20 Å². The quantitative estimate of drug-likeness (QED) is 0.862. The number of ether oxygens (including phenoxy) is 1. The van der Waals surface area contributed by atoms with Crippen LogP contribution < -0.4 is 15.4 Å². The normalized spacial score (nSPS) is 14.8. The molecular formula is C18H21N3O2. The molecule has 0 aliphatic heterocycles. The molecule has 1 aliphatic carbocycles. The standard InChI is InChI=1S/C18H21N3O2/c1-23-16-9-7-14(8-10-16)17(13-5-6-13)21-18(22)20-12-15-4-2-3-11-19-15/h2-4,7-11,13,17H,5-6,12H2,1H3,(H2,20,21,22). The van der Waals surface area contributed by atoms with E-state index in [1.807, 2.05) is 42.5 Å². The molecule has 3 rings (SSSR count). The fourth-order valence-electron chi connectivity index (χ4n) is 2.58. The Morgan fingerprint density at radius 2 is 2.04 bits per heavy atom.